The highest BCUT2D eigenvalue weighted by Gasteiger charge is 2.22. The Labute approximate surface area is 128 Å². The number of nitrogens with zero attached hydrogens (tertiary/aromatic N) is 2. The number of aryl methyl sites for hydroxylation is 1. The Morgan fingerprint density at radius 3 is 2.33 bits per heavy atom. The van der Waals surface area contributed by atoms with Gasteiger partial charge in [0.25, 0.3) is 0 Å². The minimum atomic E-state index is -0.187. The van der Waals surface area contributed by atoms with Gasteiger partial charge in [0.05, 0.1) is 12.1 Å². The minimum absolute atomic E-state index is 0.135. The molecule has 1 atom stereocenters. The van der Waals surface area contributed by atoms with E-state index in [0.29, 0.717) is 18.9 Å². The monoisotopic (exact) mass is 286 g/mol. The van der Waals surface area contributed by atoms with Crippen molar-refractivity contribution >= 4 is 5.78 Å². The Hall–Kier alpha value is -1.66. The van der Waals surface area contributed by atoms with Crippen molar-refractivity contribution in [3.05, 3.63) is 35.4 Å². The van der Waals surface area contributed by atoms with Crippen LogP contribution in [0.15, 0.2) is 24.3 Å². The molecule has 1 aromatic rings. The first-order chi connectivity index (χ1) is 9.99. The van der Waals surface area contributed by atoms with Crippen LogP contribution in [0.2, 0.25) is 0 Å². The molecule has 0 aliphatic heterocycles. The van der Waals surface area contributed by atoms with Crippen molar-refractivity contribution in [1.82, 2.24) is 4.90 Å². The van der Waals surface area contributed by atoms with E-state index in [1.807, 2.05) is 31.2 Å². The summed E-state index contributed by atoms with van der Waals surface area (Å²) in [6.07, 6.45) is 1.44. The molecule has 3 heteroatoms. The van der Waals surface area contributed by atoms with Crippen LogP contribution in [0.5, 0.6) is 0 Å². The zero-order valence-corrected chi connectivity index (χ0v) is 13.6. The molecule has 0 saturated carbocycles. The molecule has 0 spiro atoms. The molecule has 0 bridgehead atoms. The summed E-state index contributed by atoms with van der Waals surface area (Å²) >= 11 is 0. The summed E-state index contributed by atoms with van der Waals surface area (Å²) in [7, 11) is 0. The maximum Gasteiger partial charge on any atom is 0.179 e. The number of hydrogen-bond donors (Lipinski definition) is 0. The lowest BCUT2D eigenvalue weighted by molar-refractivity contribution is 0.0824. The lowest BCUT2D eigenvalue weighted by atomic mass is 10.0. The van der Waals surface area contributed by atoms with E-state index in [0.717, 1.165) is 18.5 Å². The zero-order chi connectivity index (χ0) is 15.8. The highest BCUT2D eigenvalue weighted by molar-refractivity contribution is 5.99. The molecular weight excluding hydrogens is 260 g/mol. The van der Waals surface area contributed by atoms with Crippen molar-refractivity contribution in [3.8, 4) is 6.07 Å². The quantitative estimate of drug-likeness (QED) is 0.685. The van der Waals surface area contributed by atoms with Gasteiger partial charge in [0, 0.05) is 25.1 Å². The van der Waals surface area contributed by atoms with E-state index >= 15 is 0 Å². The Kier molecular flexibility index (Phi) is 7.11. The minimum Gasteiger partial charge on any atom is -0.292 e. The first-order valence-electron chi connectivity index (χ1n) is 7.73. The van der Waals surface area contributed by atoms with Crippen LogP contribution in [0.25, 0.3) is 0 Å². The number of carbonyl (C=O) groups is 1. The van der Waals surface area contributed by atoms with E-state index in [2.05, 4.69) is 31.7 Å². The second-order valence-corrected chi connectivity index (χ2v) is 5.89. The number of rotatable bonds is 8. The maximum absolute atomic E-state index is 12.6. The molecule has 0 saturated heterocycles. The normalized spacial score (nSPS) is 12.4. The number of nitriles is 1. The van der Waals surface area contributed by atoms with E-state index < -0.39 is 0 Å². The van der Waals surface area contributed by atoms with E-state index in [4.69, 9.17) is 5.26 Å². The second kappa shape index (κ2) is 8.59. The summed E-state index contributed by atoms with van der Waals surface area (Å²) in [5, 5.41) is 8.78. The van der Waals surface area contributed by atoms with Gasteiger partial charge in [-0.3, -0.25) is 9.69 Å². The number of benzene rings is 1. The number of ketones is 1. The molecule has 0 aliphatic carbocycles. The van der Waals surface area contributed by atoms with Gasteiger partial charge in [-0.25, -0.2) is 0 Å². The summed E-state index contributed by atoms with van der Waals surface area (Å²) in [6.45, 7) is 9.79. The maximum atomic E-state index is 12.6. The van der Waals surface area contributed by atoms with Crippen LogP contribution in [-0.2, 0) is 6.42 Å². The standard InChI is InChI=1S/C18H26N2O/c1-5-16-7-9-17(10-8-16)18(21)15(4)20(12-6-11-19)13-14(2)3/h7-10,14-15H,5-6,12-13H2,1-4H3. The Morgan fingerprint density at radius 1 is 1.24 bits per heavy atom. The van der Waals surface area contributed by atoms with Crippen LogP contribution < -0.4 is 0 Å². The third kappa shape index (κ3) is 5.32. The smallest absolute Gasteiger partial charge is 0.179 e. The molecule has 0 aromatic heterocycles. The van der Waals surface area contributed by atoms with Gasteiger partial charge in [0.1, 0.15) is 0 Å². The lowest BCUT2D eigenvalue weighted by Crippen LogP contribution is -2.41. The fourth-order valence-electron chi connectivity index (χ4n) is 2.42. The predicted molar refractivity (Wildman–Crippen MR) is 86.3 cm³/mol. The Balaban J connectivity index is 2.82. The summed E-state index contributed by atoms with van der Waals surface area (Å²) in [5.41, 5.74) is 1.99. The molecule has 0 amide bonds. The Morgan fingerprint density at radius 2 is 1.86 bits per heavy atom. The molecule has 0 fully saturated rings. The first-order valence-corrected chi connectivity index (χ1v) is 7.73. The third-order valence-electron chi connectivity index (χ3n) is 3.68. The molecule has 0 radical (unpaired) electrons. The average Bonchev–Trinajstić information content (AvgIpc) is 2.49. The van der Waals surface area contributed by atoms with E-state index in [9.17, 15) is 4.79 Å². The van der Waals surface area contributed by atoms with Gasteiger partial charge in [0.2, 0.25) is 0 Å². The van der Waals surface area contributed by atoms with Crippen molar-refractivity contribution < 1.29 is 4.79 Å². The van der Waals surface area contributed by atoms with E-state index in [-0.39, 0.29) is 11.8 Å². The van der Waals surface area contributed by atoms with Gasteiger partial charge >= 0.3 is 0 Å². The molecule has 1 rings (SSSR count). The third-order valence-corrected chi connectivity index (χ3v) is 3.68. The molecule has 0 aliphatic rings. The van der Waals surface area contributed by atoms with Crippen LogP contribution in [0, 0.1) is 17.2 Å². The van der Waals surface area contributed by atoms with Gasteiger partial charge < -0.3 is 0 Å². The molecule has 21 heavy (non-hydrogen) atoms. The van der Waals surface area contributed by atoms with E-state index in [1.54, 1.807) is 0 Å². The summed E-state index contributed by atoms with van der Waals surface area (Å²) in [6, 6.07) is 9.84. The van der Waals surface area contributed by atoms with Gasteiger partial charge in [-0.1, -0.05) is 45.0 Å². The summed E-state index contributed by atoms with van der Waals surface area (Å²) in [4.78, 5) is 14.7. The SMILES string of the molecule is CCc1ccc(C(=O)C(C)N(CCC#N)CC(C)C)cc1. The number of carbonyl (C=O) groups excluding carboxylic acids is 1. The van der Waals surface area contributed by atoms with Crippen LogP contribution >= 0.6 is 0 Å². The lowest BCUT2D eigenvalue weighted by Gasteiger charge is -2.29. The second-order valence-electron chi connectivity index (χ2n) is 5.89. The van der Waals surface area contributed by atoms with Crippen molar-refractivity contribution in [1.29, 1.82) is 5.26 Å². The summed E-state index contributed by atoms with van der Waals surface area (Å²) < 4.78 is 0. The number of Topliss-reactive ketones (excluding diaryl/α,β-unsaturated/α-hetero) is 1. The number of hydrogen-bond acceptors (Lipinski definition) is 3. The molecule has 1 unspecified atom stereocenters. The van der Waals surface area contributed by atoms with Crippen molar-refractivity contribution in [2.75, 3.05) is 13.1 Å². The molecule has 1 aromatic carbocycles. The van der Waals surface area contributed by atoms with Crippen LogP contribution in [-0.4, -0.2) is 29.8 Å². The summed E-state index contributed by atoms with van der Waals surface area (Å²) in [5.74, 6) is 0.609. The van der Waals surface area contributed by atoms with Crippen molar-refractivity contribution in [2.45, 2.75) is 46.6 Å². The fourth-order valence-corrected chi connectivity index (χ4v) is 2.42. The zero-order valence-electron chi connectivity index (χ0n) is 13.6. The molecular formula is C18H26N2O. The van der Waals surface area contributed by atoms with Crippen molar-refractivity contribution in [2.24, 2.45) is 5.92 Å². The topological polar surface area (TPSA) is 44.1 Å². The van der Waals surface area contributed by atoms with Gasteiger partial charge in [-0.2, -0.15) is 5.26 Å². The fraction of sp³-hybridized carbons (Fsp3) is 0.556. The van der Waals surface area contributed by atoms with E-state index in [1.165, 1.54) is 5.56 Å². The van der Waals surface area contributed by atoms with Crippen LogP contribution in [0.3, 0.4) is 0 Å². The van der Waals surface area contributed by atoms with Crippen LogP contribution in [0.1, 0.15) is 50.0 Å². The highest BCUT2D eigenvalue weighted by atomic mass is 16.1. The largest absolute Gasteiger partial charge is 0.292 e. The van der Waals surface area contributed by atoms with Gasteiger partial charge in [-0.15, -0.1) is 0 Å². The Bertz CT molecular complexity index is 485. The molecule has 3 nitrogen and oxygen atoms in total. The first kappa shape index (κ1) is 17.4. The molecule has 0 N–H and O–H groups in total. The molecule has 114 valence electrons. The van der Waals surface area contributed by atoms with Crippen molar-refractivity contribution in [3.63, 3.8) is 0 Å². The molecule has 0 heterocycles. The average molecular weight is 286 g/mol. The van der Waals surface area contributed by atoms with Crippen LogP contribution in [0.4, 0.5) is 0 Å². The predicted octanol–water partition coefficient (Wildman–Crippen LogP) is 3.69. The van der Waals surface area contributed by atoms with Gasteiger partial charge in [-0.05, 0) is 24.8 Å². The highest BCUT2D eigenvalue weighted by Crippen LogP contribution is 2.13. The van der Waals surface area contributed by atoms with Gasteiger partial charge in [0.15, 0.2) is 5.78 Å².